The maximum atomic E-state index is 11.0. The molecular formula is C26H32NOP. The molecule has 1 aliphatic heterocycles. The second kappa shape index (κ2) is 9.74. The van der Waals surface area contributed by atoms with Gasteiger partial charge in [0.15, 0.2) is 0 Å². The minimum Gasteiger partial charge on any atom is -0.507 e. The zero-order chi connectivity index (χ0) is 20.1. The van der Waals surface area contributed by atoms with E-state index in [1.54, 1.807) is 0 Å². The van der Waals surface area contributed by atoms with Gasteiger partial charge in [0, 0.05) is 11.8 Å². The molecule has 0 amide bonds. The van der Waals surface area contributed by atoms with Crippen LogP contribution in [0.5, 0.6) is 5.75 Å². The van der Waals surface area contributed by atoms with Gasteiger partial charge >= 0.3 is 0 Å². The first-order valence-electron chi connectivity index (χ1n) is 10.9. The number of phenolic OH excluding ortho intramolecular Hbond substituents is 1. The minimum atomic E-state index is 0.484. The molecule has 1 fully saturated rings. The molecule has 2 unspecified atom stereocenters. The fourth-order valence-corrected chi connectivity index (χ4v) is 5.79. The Kier molecular flexibility index (Phi) is 6.85. The summed E-state index contributed by atoms with van der Waals surface area (Å²) >= 11 is 0. The molecule has 1 saturated heterocycles. The molecule has 2 aliphatic rings. The molecular weight excluding hydrogens is 373 g/mol. The van der Waals surface area contributed by atoms with E-state index in [1.807, 2.05) is 0 Å². The average Bonchev–Trinajstić information content (AvgIpc) is 2.75. The van der Waals surface area contributed by atoms with Crippen LogP contribution in [0.25, 0.3) is 0 Å². The summed E-state index contributed by atoms with van der Waals surface area (Å²) in [7, 11) is 0.494. The highest BCUT2D eigenvalue weighted by Crippen LogP contribution is 2.28. The molecule has 0 saturated carbocycles. The summed E-state index contributed by atoms with van der Waals surface area (Å²) < 4.78 is 0. The molecule has 2 aromatic rings. The number of rotatable bonds is 6. The third kappa shape index (κ3) is 5.18. The van der Waals surface area contributed by atoms with Crippen molar-refractivity contribution < 1.29 is 5.11 Å². The first-order chi connectivity index (χ1) is 14.2. The van der Waals surface area contributed by atoms with Gasteiger partial charge in [-0.25, -0.2) is 0 Å². The number of piperidine rings is 1. The number of allylic oxidation sites excluding steroid dienone is 4. The molecule has 0 radical (unpaired) electrons. The molecule has 2 atom stereocenters. The lowest BCUT2D eigenvalue weighted by Gasteiger charge is -2.27. The molecule has 1 heterocycles. The topological polar surface area (TPSA) is 23.5 Å². The second-order valence-corrected chi connectivity index (χ2v) is 9.69. The Bertz CT molecular complexity index is 896. The van der Waals surface area contributed by atoms with Crippen molar-refractivity contribution in [1.29, 1.82) is 0 Å². The Labute approximate surface area is 177 Å². The third-order valence-corrected chi connectivity index (χ3v) is 7.77. The third-order valence-electron chi connectivity index (χ3n) is 6.13. The van der Waals surface area contributed by atoms with Gasteiger partial charge < -0.3 is 5.11 Å². The first kappa shape index (κ1) is 20.4. The van der Waals surface area contributed by atoms with Crippen LogP contribution in [0.2, 0.25) is 0 Å². The molecule has 1 aliphatic carbocycles. The van der Waals surface area contributed by atoms with Crippen LogP contribution < -0.4 is 10.6 Å². The molecule has 2 aromatic carbocycles. The van der Waals surface area contributed by atoms with E-state index in [0.717, 1.165) is 30.3 Å². The number of benzene rings is 2. The van der Waals surface area contributed by atoms with Crippen molar-refractivity contribution in [3.05, 3.63) is 77.4 Å². The van der Waals surface area contributed by atoms with E-state index in [4.69, 9.17) is 0 Å². The first-order valence-corrected chi connectivity index (χ1v) is 11.9. The quantitative estimate of drug-likeness (QED) is 0.685. The number of likely N-dealkylation sites (tertiary alicyclic amines) is 1. The standard InChI is InChI=1S/C26H32NOP/c1-20-10-8-14-23(19-27-16-6-3-7-17-27)26(20)29-24-15-9-13-22(25(24)28)18-21-11-4-2-5-12-21/h2,4-5,8-11,13-15,21,28-29H,3,6-7,12,16-19H2,1H3. The average molecular weight is 406 g/mol. The van der Waals surface area contributed by atoms with Crippen LogP contribution in [0.15, 0.2) is 60.7 Å². The highest BCUT2D eigenvalue weighted by molar-refractivity contribution is 7.56. The monoisotopic (exact) mass is 405 g/mol. The summed E-state index contributed by atoms with van der Waals surface area (Å²) in [5.41, 5.74) is 3.84. The zero-order valence-electron chi connectivity index (χ0n) is 17.4. The summed E-state index contributed by atoms with van der Waals surface area (Å²) in [6.45, 7) is 5.66. The molecule has 4 rings (SSSR count). The predicted octanol–water partition coefficient (Wildman–Crippen LogP) is 4.99. The lowest BCUT2D eigenvalue weighted by Crippen LogP contribution is -2.31. The van der Waals surface area contributed by atoms with Crippen LogP contribution in [0.3, 0.4) is 0 Å². The number of hydrogen-bond acceptors (Lipinski definition) is 2. The number of hydrogen-bond donors (Lipinski definition) is 1. The lowest BCUT2D eigenvalue weighted by atomic mass is 9.93. The van der Waals surface area contributed by atoms with Gasteiger partial charge in [-0.3, -0.25) is 4.90 Å². The lowest BCUT2D eigenvalue weighted by molar-refractivity contribution is 0.221. The van der Waals surface area contributed by atoms with Crippen molar-refractivity contribution >= 4 is 19.2 Å². The Morgan fingerprint density at radius 1 is 1.00 bits per heavy atom. The smallest absolute Gasteiger partial charge is 0.126 e. The Morgan fingerprint density at radius 2 is 1.79 bits per heavy atom. The summed E-state index contributed by atoms with van der Waals surface area (Å²) in [4.78, 5) is 2.59. The molecule has 0 bridgehead atoms. The Morgan fingerprint density at radius 3 is 2.59 bits per heavy atom. The molecule has 29 heavy (non-hydrogen) atoms. The van der Waals surface area contributed by atoms with Crippen LogP contribution in [0.1, 0.15) is 42.4 Å². The van der Waals surface area contributed by atoms with Gasteiger partial charge in [0.2, 0.25) is 0 Å². The van der Waals surface area contributed by atoms with E-state index >= 15 is 0 Å². The van der Waals surface area contributed by atoms with Crippen molar-refractivity contribution in [2.24, 2.45) is 5.92 Å². The fraction of sp³-hybridized carbons (Fsp3) is 0.385. The van der Waals surface area contributed by atoms with Crippen molar-refractivity contribution in [3.63, 3.8) is 0 Å². The summed E-state index contributed by atoms with van der Waals surface area (Å²) in [6, 6.07) is 13.0. The Hall–Kier alpha value is -1.89. The van der Waals surface area contributed by atoms with Gasteiger partial charge in [-0.2, -0.15) is 0 Å². The maximum absolute atomic E-state index is 11.0. The maximum Gasteiger partial charge on any atom is 0.126 e. The number of nitrogens with zero attached hydrogens (tertiary/aromatic N) is 1. The summed E-state index contributed by atoms with van der Waals surface area (Å²) in [5.74, 6) is 0.985. The van der Waals surface area contributed by atoms with E-state index < -0.39 is 0 Å². The van der Waals surface area contributed by atoms with Crippen LogP contribution in [-0.4, -0.2) is 23.1 Å². The van der Waals surface area contributed by atoms with E-state index in [2.05, 4.69) is 72.5 Å². The molecule has 0 aromatic heterocycles. The van der Waals surface area contributed by atoms with Gasteiger partial charge in [0.1, 0.15) is 5.75 Å². The van der Waals surface area contributed by atoms with Crippen LogP contribution in [0, 0.1) is 12.8 Å². The van der Waals surface area contributed by atoms with E-state index in [-0.39, 0.29) is 0 Å². The predicted molar refractivity (Wildman–Crippen MR) is 126 cm³/mol. The van der Waals surface area contributed by atoms with Crippen molar-refractivity contribution in [1.82, 2.24) is 4.90 Å². The minimum absolute atomic E-state index is 0.484. The van der Waals surface area contributed by atoms with Gasteiger partial charge in [-0.1, -0.05) is 75.7 Å². The summed E-state index contributed by atoms with van der Waals surface area (Å²) in [6.07, 6.45) is 14.7. The molecule has 0 spiro atoms. The van der Waals surface area contributed by atoms with E-state index in [1.165, 1.54) is 48.8 Å². The van der Waals surface area contributed by atoms with Crippen LogP contribution in [-0.2, 0) is 13.0 Å². The van der Waals surface area contributed by atoms with Gasteiger partial charge in [0.05, 0.1) is 0 Å². The number of aryl methyl sites for hydroxylation is 1. The molecule has 1 N–H and O–H groups in total. The molecule has 152 valence electrons. The highest BCUT2D eigenvalue weighted by atomic mass is 31.1. The van der Waals surface area contributed by atoms with Crippen LogP contribution >= 0.6 is 8.58 Å². The SMILES string of the molecule is Cc1cccc(CN2CCCCC2)c1Pc1cccc(CC2C=CC=CC2)c1O. The molecule has 2 nitrogen and oxygen atoms in total. The van der Waals surface area contributed by atoms with E-state index in [0.29, 0.717) is 20.2 Å². The summed E-state index contributed by atoms with van der Waals surface area (Å²) in [5, 5.41) is 13.5. The largest absolute Gasteiger partial charge is 0.507 e. The van der Waals surface area contributed by atoms with Crippen molar-refractivity contribution in [2.75, 3.05) is 13.1 Å². The molecule has 3 heteroatoms. The van der Waals surface area contributed by atoms with Crippen molar-refractivity contribution in [2.45, 2.75) is 45.6 Å². The highest BCUT2D eigenvalue weighted by Gasteiger charge is 2.17. The van der Waals surface area contributed by atoms with Gasteiger partial charge in [-0.05, 0) is 73.6 Å². The number of phenols is 1. The number of aromatic hydroxyl groups is 1. The second-order valence-electron chi connectivity index (χ2n) is 8.40. The Balaban J connectivity index is 1.55. The number of para-hydroxylation sites is 1. The van der Waals surface area contributed by atoms with Gasteiger partial charge in [0.25, 0.3) is 0 Å². The van der Waals surface area contributed by atoms with Gasteiger partial charge in [-0.15, -0.1) is 0 Å². The normalized spacial score (nSPS) is 20.0. The fourth-order valence-electron chi connectivity index (χ4n) is 4.45. The van der Waals surface area contributed by atoms with Crippen LogP contribution in [0.4, 0.5) is 0 Å². The van der Waals surface area contributed by atoms with Crippen molar-refractivity contribution in [3.8, 4) is 5.75 Å². The zero-order valence-corrected chi connectivity index (χ0v) is 18.4. The van der Waals surface area contributed by atoms with E-state index in [9.17, 15) is 5.11 Å².